The van der Waals surface area contributed by atoms with Crippen molar-refractivity contribution in [2.45, 2.75) is 95.3 Å². The Labute approximate surface area is 198 Å². The van der Waals surface area contributed by atoms with Crippen LogP contribution in [0.4, 0.5) is 0 Å². The van der Waals surface area contributed by atoms with Crippen molar-refractivity contribution >= 4 is 34.9 Å². The van der Waals surface area contributed by atoms with Gasteiger partial charge in [0.1, 0.15) is 10.9 Å². The number of rotatable bonds is 5. The molecular weight excluding hydrogens is 440 g/mol. The first-order valence-corrected chi connectivity index (χ1v) is 13.6. The summed E-state index contributed by atoms with van der Waals surface area (Å²) in [5.41, 5.74) is 1.02. The highest BCUT2D eigenvalue weighted by Gasteiger charge is 2.54. The second-order valence-electron chi connectivity index (χ2n) is 9.39. The van der Waals surface area contributed by atoms with Gasteiger partial charge in [-0.3, -0.25) is 9.59 Å². The van der Waals surface area contributed by atoms with Crippen LogP contribution in [0.25, 0.3) is 0 Å². The van der Waals surface area contributed by atoms with E-state index < -0.39 is 11.3 Å². The molecule has 172 valence electrons. The molecule has 0 unspecified atom stereocenters. The number of thiazole rings is 1. The van der Waals surface area contributed by atoms with Crippen molar-refractivity contribution in [1.29, 1.82) is 5.26 Å². The number of nitrogens with one attached hydrogen (secondary N) is 2. The first-order valence-electron chi connectivity index (χ1n) is 11.8. The van der Waals surface area contributed by atoms with Gasteiger partial charge in [0.2, 0.25) is 11.8 Å². The molecule has 3 aliphatic rings. The Hall–Kier alpha value is -1.85. The van der Waals surface area contributed by atoms with Crippen molar-refractivity contribution < 1.29 is 9.59 Å². The first-order chi connectivity index (χ1) is 15.4. The van der Waals surface area contributed by atoms with E-state index in [-0.39, 0.29) is 23.1 Å². The molecule has 2 saturated carbocycles. The average Bonchev–Trinajstić information content (AvgIpc) is 3.32. The number of hydrogen-bond donors (Lipinski definition) is 2. The van der Waals surface area contributed by atoms with Crippen LogP contribution in [0.2, 0.25) is 0 Å². The number of nitrogens with zero attached hydrogens (tertiary/aromatic N) is 2. The van der Waals surface area contributed by atoms with Gasteiger partial charge in [0.25, 0.3) is 0 Å². The molecule has 2 heterocycles. The number of thioether (sulfide) groups is 1. The number of amides is 2. The van der Waals surface area contributed by atoms with Crippen LogP contribution in [-0.2, 0) is 9.59 Å². The van der Waals surface area contributed by atoms with Crippen LogP contribution in [0.5, 0.6) is 0 Å². The molecule has 0 aromatic carbocycles. The van der Waals surface area contributed by atoms with Crippen LogP contribution in [0.15, 0.2) is 16.0 Å². The van der Waals surface area contributed by atoms with Gasteiger partial charge in [-0.25, -0.2) is 4.98 Å². The summed E-state index contributed by atoms with van der Waals surface area (Å²) in [5.74, 6) is -0.545. The minimum absolute atomic E-state index is 0.0147. The van der Waals surface area contributed by atoms with Gasteiger partial charge in [0, 0.05) is 22.5 Å². The van der Waals surface area contributed by atoms with E-state index in [9.17, 15) is 14.9 Å². The molecule has 0 radical (unpaired) electrons. The molecule has 2 fully saturated rings. The molecule has 1 aliphatic heterocycles. The van der Waals surface area contributed by atoms with Crippen molar-refractivity contribution in [2.24, 2.45) is 5.41 Å². The minimum atomic E-state index is -0.513. The van der Waals surface area contributed by atoms with Gasteiger partial charge in [-0.2, -0.15) is 5.26 Å². The topological polar surface area (TPSA) is 94.9 Å². The van der Waals surface area contributed by atoms with E-state index in [2.05, 4.69) is 21.7 Å². The Morgan fingerprint density at radius 2 is 1.97 bits per heavy atom. The maximum Gasteiger partial charge on any atom is 0.235 e. The standard InChI is InChI=1S/C24H32N4O2S2/c1-15-14-31-23(26-15)19-21(30)28-22(18(13-25)24(19)11-7-8-12-24)32-16(2)20(29)27-17-9-5-3-4-6-10-17/h14,16-17,19H,3-12H2,1-2H3,(H,27,29)(H,28,30)/t16-,19-/m1/s1. The van der Waals surface area contributed by atoms with Crippen LogP contribution < -0.4 is 10.6 Å². The maximum atomic E-state index is 13.3. The summed E-state index contributed by atoms with van der Waals surface area (Å²) in [4.78, 5) is 30.9. The third-order valence-electron chi connectivity index (χ3n) is 7.13. The van der Waals surface area contributed by atoms with Gasteiger partial charge in [0.15, 0.2) is 0 Å². The molecule has 2 atom stereocenters. The van der Waals surface area contributed by atoms with E-state index in [1.165, 1.54) is 35.9 Å². The zero-order valence-electron chi connectivity index (χ0n) is 18.9. The van der Waals surface area contributed by atoms with Crippen LogP contribution >= 0.6 is 23.1 Å². The van der Waals surface area contributed by atoms with Crippen molar-refractivity contribution in [3.63, 3.8) is 0 Å². The van der Waals surface area contributed by atoms with Gasteiger partial charge < -0.3 is 10.6 Å². The molecule has 4 rings (SSSR count). The van der Waals surface area contributed by atoms with Crippen LogP contribution in [0.1, 0.15) is 87.8 Å². The molecule has 32 heavy (non-hydrogen) atoms. The lowest BCUT2D eigenvalue weighted by atomic mass is 9.67. The number of aryl methyl sites for hydroxylation is 1. The van der Waals surface area contributed by atoms with Gasteiger partial charge in [0.05, 0.1) is 21.9 Å². The fourth-order valence-corrected chi connectivity index (χ4v) is 7.55. The van der Waals surface area contributed by atoms with Crippen LogP contribution in [-0.4, -0.2) is 28.1 Å². The lowest BCUT2D eigenvalue weighted by molar-refractivity contribution is -0.125. The summed E-state index contributed by atoms with van der Waals surface area (Å²) in [6, 6.07) is 2.67. The lowest BCUT2D eigenvalue weighted by Crippen LogP contribution is -2.46. The Balaban J connectivity index is 1.57. The number of allylic oxidation sites excluding steroid dienone is 1. The highest BCUT2D eigenvalue weighted by molar-refractivity contribution is 8.04. The zero-order chi connectivity index (χ0) is 22.7. The summed E-state index contributed by atoms with van der Waals surface area (Å²) >= 11 is 2.82. The molecule has 6 nitrogen and oxygen atoms in total. The minimum Gasteiger partial charge on any atom is -0.352 e. The van der Waals surface area contributed by atoms with Gasteiger partial charge in [-0.05, 0) is 39.5 Å². The number of carbonyl (C=O) groups is 2. The molecule has 0 saturated heterocycles. The predicted octanol–water partition coefficient (Wildman–Crippen LogP) is 4.92. The molecule has 1 aromatic rings. The maximum absolute atomic E-state index is 13.3. The summed E-state index contributed by atoms with van der Waals surface area (Å²) in [5, 5.41) is 19.3. The second-order valence-corrected chi connectivity index (χ2v) is 11.6. The average molecular weight is 473 g/mol. The smallest absolute Gasteiger partial charge is 0.235 e. The van der Waals surface area contributed by atoms with Crippen molar-refractivity contribution in [3.8, 4) is 6.07 Å². The highest BCUT2D eigenvalue weighted by atomic mass is 32.2. The van der Waals surface area contributed by atoms with E-state index >= 15 is 0 Å². The van der Waals surface area contributed by atoms with Crippen molar-refractivity contribution in [3.05, 3.63) is 26.7 Å². The van der Waals surface area contributed by atoms with Gasteiger partial charge in [-0.1, -0.05) is 50.3 Å². The molecule has 2 aliphatic carbocycles. The Morgan fingerprint density at radius 3 is 2.56 bits per heavy atom. The molecule has 0 bridgehead atoms. The zero-order valence-corrected chi connectivity index (χ0v) is 20.5. The number of hydrogen-bond acceptors (Lipinski definition) is 6. The van der Waals surface area contributed by atoms with E-state index in [1.54, 1.807) is 0 Å². The molecule has 2 N–H and O–H groups in total. The fourth-order valence-electron chi connectivity index (χ4n) is 5.49. The summed E-state index contributed by atoms with van der Waals surface area (Å²) in [6.07, 6.45) is 10.5. The largest absolute Gasteiger partial charge is 0.352 e. The third-order valence-corrected chi connectivity index (χ3v) is 9.27. The van der Waals surface area contributed by atoms with Crippen molar-refractivity contribution in [1.82, 2.24) is 15.6 Å². The lowest BCUT2D eigenvalue weighted by Gasteiger charge is -2.40. The Bertz CT molecular complexity index is 934. The molecule has 8 heteroatoms. The van der Waals surface area contributed by atoms with E-state index in [0.717, 1.165) is 62.1 Å². The van der Waals surface area contributed by atoms with Crippen LogP contribution in [0.3, 0.4) is 0 Å². The predicted molar refractivity (Wildman–Crippen MR) is 128 cm³/mol. The Morgan fingerprint density at radius 1 is 1.28 bits per heavy atom. The second kappa shape index (κ2) is 9.96. The molecular formula is C24H32N4O2S2. The van der Waals surface area contributed by atoms with E-state index in [1.807, 2.05) is 19.2 Å². The third kappa shape index (κ3) is 4.60. The SMILES string of the molecule is Cc1csc([C@H]2C(=O)NC(S[C@H](C)C(=O)NC3CCCCCC3)=C(C#N)C23CCCC3)n1. The van der Waals surface area contributed by atoms with Gasteiger partial charge >= 0.3 is 0 Å². The molecule has 1 spiro atoms. The normalized spacial score (nSPS) is 24.7. The van der Waals surface area contributed by atoms with E-state index in [4.69, 9.17) is 0 Å². The first kappa shape index (κ1) is 23.3. The Kier molecular flexibility index (Phi) is 7.26. The van der Waals surface area contributed by atoms with Gasteiger partial charge in [-0.15, -0.1) is 11.3 Å². The quantitative estimate of drug-likeness (QED) is 0.593. The number of carbonyl (C=O) groups excluding carboxylic acids is 2. The van der Waals surface area contributed by atoms with Crippen molar-refractivity contribution in [2.75, 3.05) is 0 Å². The number of nitriles is 1. The van der Waals surface area contributed by atoms with Crippen LogP contribution in [0, 0.1) is 23.7 Å². The number of aromatic nitrogens is 1. The fraction of sp³-hybridized carbons (Fsp3) is 0.667. The molecule has 1 aromatic heterocycles. The summed E-state index contributed by atoms with van der Waals surface area (Å²) < 4.78 is 0. The summed E-state index contributed by atoms with van der Waals surface area (Å²) in [7, 11) is 0. The highest BCUT2D eigenvalue weighted by Crippen LogP contribution is 2.57. The monoisotopic (exact) mass is 472 g/mol. The van der Waals surface area contributed by atoms with E-state index in [0.29, 0.717) is 10.6 Å². The summed E-state index contributed by atoms with van der Waals surface area (Å²) in [6.45, 7) is 3.79. The molecule has 2 amide bonds.